The highest BCUT2D eigenvalue weighted by atomic mass is 35.5. The van der Waals surface area contributed by atoms with Crippen LogP contribution in [0.25, 0.3) is 11.1 Å². The van der Waals surface area contributed by atoms with Gasteiger partial charge in [-0.1, -0.05) is 23.7 Å². The Balaban J connectivity index is 1.85. The standard InChI is InChI=1S/C25H25ClO6S/c1-25(2,3)32-24(27)16-31-23-14-7-18(26)15-22(23)17-5-10-20(11-6-17)33(28,29)21-12-8-19(30-4)9-13-21/h5-15H,16H2,1-4H3. The maximum absolute atomic E-state index is 13.0. The van der Waals surface area contributed by atoms with Crippen molar-refractivity contribution in [3.63, 3.8) is 0 Å². The second-order valence-corrected chi connectivity index (χ2v) is 10.6. The molecule has 0 fully saturated rings. The Labute approximate surface area is 199 Å². The Morgan fingerprint density at radius 1 is 0.909 bits per heavy atom. The summed E-state index contributed by atoms with van der Waals surface area (Å²) in [5, 5.41) is 0.476. The van der Waals surface area contributed by atoms with Gasteiger partial charge in [0.25, 0.3) is 0 Å². The summed E-state index contributed by atoms with van der Waals surface area (Å²) in [5.74, 6) is 0.504. The van der Waals surface area contributed by atoms with E-state index in [1.807, 2.05) is 0 Å². The highest BCUT2D eigenvalue weighted by Crippen LogP contribution is 2.34. The van der Waals surface area contributed by atoms with E-state index in [4.69, 9.17) is 25.8 Å². The molecule has 0 amide bonds. The lowest BCUT2D eigenvalue weighted by atomic mass is 10.0. The van der Waals surface area contributed by atoms with E-state index in [1.165, 1.54) is 31.4 Å². The number of hydrogen-bond acceptors (Lipinski definition) is 6. The molecule has 174 valence electrons. The van der Waals surface area contributed by atoms with Crippen LogP contribution in [0.2, 0.25) is 5.02 Å². The molecule has 0 unspecified atom stereocenters. The van der Waals surface area contributed by atoms with Crippen LogP contribution in [0.5, 0.6) is 11.5 Å². The highest BCUT2D eigenvalue weighted by Gasteiger charge is 2.20. The first-order valence-corrected chi connectivity index (χ1v) is 12.0. The summed E-state index contributed by atoms with van der Waals surface area (Å²) in [4.78, 5) is 12.3. The van der Waals surface area contributed by atoms with Crippen molar-refractivity contribution in [2.75, 3.05) is 13.7 Å². The predicted octanol–water partition coefficient (Wildman–Crippen LogP) is 5.57. The number of carbonyl (C=O) groups is 1. The second kappa shape index (κ2) is 9.85. The van der Waals surface area contributed by atoms with Gasteiger partial charge < -0.3 is 14.2 Å². The summed E-state index contributed by atoms with van der Waals surface area (Å²) in [6.07, 6.45) is 0. The van der Waals surface area contributed by atoms with Crippen molar-refractivity contribution in [1.29, 1.82) is 0 Å². The lowest BCUT2D eigenvalue weighted by molar-refractivity contribution is -0.157. The average molecular weight is 489 g/mol. The van der Waals surface area contributed by atoms with Gasteiger partial charge in [0.05, 0.1) is 16.9 Å². The maximum Gasteiger partial charge on any atom is 0.344 e. The molecule has 0 atom stereocenters. The molecule has 0 aliphatic carbocycles. The van der Waals surface area contributed by atoms with Crippen molar-refractivity contribution in [3.8, 4) is 22.6 Å². The van der Waals surface area contributed by atoms with Crippen LogP contribution in [0.4, 0.5) is 0 Å². The number of benzene rings is 3. The van der Waals surface area contributed by atoms with E-state index in [2.05, 4.69) is 0 Å². The van der Waals surface area contributed by atoms with Crippen LogP contribution in [0.1, 0.15) is 20.8 Å². The van der Waals surface area contributed by atoms with Crippen molar-refractivity contribution in [2.45, 2.75) is 36.2 Å². The van der Waals surface area contributed by atoms with Crippen LogP contribution in [0.15, 0.2) is 76.5 Å². The zero-order valence-corrected chi connectivity index (χ0v) is 20.4. The van der Waals surface area contributed by atoms with Gasteiger partial charge in [0.1, 0.15) is 17.1 Å². The lowest BCUT2D eigenvalue weighted by Gasteiger charge is -2.20. The van der Waals surface area contributed by atoms with E-state index >= 15 is 0 Å². The molecule has 0 saturated carbocycles. The number of ether oxygens (including phenoxy) is 3. The fourth-order valence-corrected chi connectivity index (χ4v) is 4.50. The van der Waals surface area contributed by atoms with Gasteiger partial charge >= 0.3 is 5.97 Å². The number of rotatable bonds is 7. The van der Waals surface area contributed by atoms with Crippen molar-refractivity contribution >= 4 is 27.4 Å². The fraction of sp³-hybridized carbons (Fsp3) is 0.240. The lowest BCUT2D eigenvalue weighted by Crippen LogP contribution is -2.27. The largest absolute Gasteiger partial charge is 0.497 e. The Kier molecular flexibility index (Phi) is 7.34. The molecule has 0 aliphatic rings. The molecular weight excluding hydrogens is 464 g/mol. The molecule has 0 bridgehead atoms. The summed E-state index contributed by atoms with van der Waals surface area (Å²) in [5.41, 5.74) is 0.693. The number of hydrogen-bond donors (Lipinski definition) is 0. The molecule has 8 heteroatoms. The van der Waals surface area contributed by atoms with E-state index in [-0.39, 0.29) is 16.4 Å². The normalized spacial score (nSPS) is 11.7. The number of sulfone groups is 1. The van der Waals surface area contributed by atoms with Crippen LogP contribution in [0, 0.1) is 0 Å². The number of esters is 1. The van der Waals surface area contributed by atoms with Crippen LogP contribution in [-0.2, 0) is 19.4 Å². The fourth-order valence-electron chi connectivity index (χ4n) is 3.07. The first-order chi connectivity index (χ1) is 15.5. The van der Waals surface area contributed by atoms with Gasteiger partial charge in [-0.05, 0) is 80.9 Å². The van der Waals surface area contributed by atoms with Gasteiger partial charge in [0.15, 0.2) is 6.61 Å². The van der Waals surface area contributed by atoms with Gasteiger partial charge in [0.2, 0.25) is 9.84 Å². The minimum absolute atomic E-state index is 0.148. The Hall–Kier alpha value is -3.03. The van der Waals surface area contributed by atoms with Gasteiger partial charge in [-0.2, -0.15) is 0 Å². The summed E-state index contributed by atoms with van der Waals surface area (Å²) < 4.78 is 42.0. The van der Waals surface area contributed by atoms with Crippen LogP contribution < -0.4 is 9.47 Å². The molecule has 3 aromatic carbocycles. The quantitative estimate of drug-likeness (QED) is 0.404. The Morgan fingerprint density at radius 3 is 2.03 bits per heavy atom. The summed E-state index contributed by atoms with van der Waals surface area (Å²) >= 11 is 6.17. The Bertz CT molecular complexity index is 1230. The second-order valence-electron chi connectivity index (χ2n) is 8.22. The third-order valence-electron chi connectivity index (χ3n) is 4.55. The first kappa shape index (κ1) is 24.6. The molecule has 0 aliphatic heterocycles. The van der Waals surface area contributed by atoms with Crippen molar-refractivity contribution in [1.82, 2.24) is 0 Å². The molecule has 0 saturated heterocycles. The first-order valence-electron chi connectivity index (χ1n) is 10.1. The summed E-state index contributed by atoms with van der Waals surface area (Å²) in [6, 6.07) is 17.6. The smallest absolute Gasteiger partial charge is 0.344 e. The number of methoxy groups -OCH3 is 1. The topological polar surface area (TPSA) is 78.9 Å². The monoisotopic (exact) mass is 488 g/mol. The molecule has 0 radical (unpaired) electrons. The zero-order chi connectivity index (χ0) is 24.2. The molecular formula is C25H25ClO6S. The van der Waals surface area contributed by atoms with E-state index < -0.39 is 21.4 Å². The third-order valence-corrected chi connectivity index (χ3v) is 6.57. The molecule has 0 aromatic heterocycles. The Morgan fingerprint density at radius 2 is 1.48 bits per heavy atom. The number of carbonyl (C=O) groups excluding carboxylic acids is 1. The summed E-state index contributed by atoms with van der Waals surface area (Å²) in [7, 11) is -2.18. The molecule has 6 nitrogen and oxygen atoms in total. The third kappa shape index (κ3) is 6.27. The van der Waals surface area contributed by atoms with Gasteiger partial charge in [-0.25, -0.2) is 13.2 Å². The SMILES string of the molecule is COc1ccc(S(=O)(=O)c2ccc(-c3cc(Cl)ccc3OCC(=O)OC(C)(C)C)cc2)cc1. The minimum atomic E-state index is -3.69. The molecule has 33 heavy (non-hydrogen) atoms. The van der Waals surface area contributed by atoms with E-state index in [0.29, 0.717) is 27.6 Å². The van der Waals surface area contributed by atoms with Gasteiger partial charge in [-0.3, -0.25) is 0 Å². The van der Waals surface area contributed by atoms with Gasteiger partial charge in [0, 0.05) is 10.6 Å². The minimum Gasteiger partial charge on any atom is -0.497 e. The van der Waals surface area contributed by atoms with E-state index in [0.717, 1.165) is 0 Å². The predicted molar refractivity (Wildman–Crippen MR) is 127 cm³/mol. The van der Waals surface area contributed by atoms with Crippen molar-refractivity contribution < 1.29 is 27.4 Å². The molecule has 0 heterocycles. The molecule has 3 aromatic rings. The van der Waals surface area contributed by atoms with Crippen molar-refractivity contribution in [2.24, 2.45) is 0 Å². The maximum atomic E-state index is 13.0. The van der Waals surface area contributed by atoms with Crippen LogP contribution in [0.3, 0.4) is 0 Å². The van der Waals surface area contributed by atoms with Crippen LogP contribution >= 0.6 is 11.6 Å². The van der Waals surface area contributed by atoms with Crippen LogP contribution in [-0.4, -0.2) is 33.7 Å². The summed E-state index contributed by atoms with van der Waals surface area (Å²) in [6.45, 7) is 5.07. The zero-order valence-electron chi connectivity index (χ0n) is 18.8. The molecule has 0 spiro atoms. The van der Waals surface area contributed by atoms with Gasteiger partial charge in [-0.15, -0.1) is 0 Å². The van der Waals surface area contributed by atoms with Crippen molar-refractivity contribution in [3.05, 3.63) is 71.8 Å². The number of halogens is 1. The van der Waals surface area contributed by atoms with E-state index in [9.17, 15) is 13.2 Å². The average Bonchev–Trinajstić information content (AvgIpc) is 2.77. The molecule has 0 N–H and O–H groups in total. The van der Waals surface area contributed by atoms with E-state index in [1.54, 1.807) is 63.2 Å². The highest BCUT2D eigenvalue weighted by molar-refractivity contribution is 7.91. The molecule has 3 rings (SSSR count).